The van der Waals surface area contributed by atoms with E-state index in [1.807, 2.05) is 13.8 Å². The molecule has 2 aromatic carbocycles. The lowest BCUT2D eigenvalue weighted by molar-refractivity contribution is -0.145. The lowest BCUT2D eigenvalue weighted by Gasteiger charge is -2.15. The molecular formula is C21H24F2O4. The number of benzene rings is 2. The number of esters is 1. The van der Waals surface area contributed by atoms with Gasteiger partial charge in [-0.25, -0.2) is 9.18 Å². The van der Waals surface area contributed by atoms with Crippen molar-refractivity contribution in [3.63, 3.8) is 0 Å². The molecule has 0 bridgehead atoms. The molecular weight excluding hydrogens is 354 g/mol. The smallest absolute Gasteiger partial charge is 0.344 e. The van der Waals surface area contributed by atoms with Gasteiger partial charge in [0.1, 0.15) is 5.75 Å². The average molecular weight is 378 g/mol. The molecule has 2 aromatic rings. The minimum atomic E-state index is -1.14. The number of aryl methyl sites for hydroxylation is 1. The van der Waals surface area contributed by atoms with Crippen LogP contribution in [-0.4, -0.2) is 24.3 Å². The number of rotatable bonds is 7. The van der Waals surface area contributed by atoms with E-state index in [-0.39, 0.29) is 36.0 Å². The summed E-state index contributed by atoms with van der Waals surface area (Å²) in [6, 6.07) is 6.41. The molecule has 1 N–H and O–H groups in total. The van der Waals surface area contributed by atoms with Crippen molar-refractivity contribution in [3.8, 4) is 11.5 Å². The Labute approximate surface area is 157 Å². The molecule has 0 aliphatic carbocycles. The van der Waals surface area contributed by atoms with Crippen LogP contribution >= 0.6 is 0 Å². The lowest BCUT2D eigenvalue weighted by Crippen LogP contribution is -2.16. The Kier molecular flexibility index (Phi) is 6.77. The zero-order valence-corrected chi connectivity index (χ0v) is 15.9. The maximum atomic E-state index is 14.6. The summed E-state index contributed by atoms with van der Waals surface area (Å²) < 4.78 is 38.7. The van der Waals surface area contributed by atoms with Crippen LogP contribution in [0.1, 0.15) is 48.9 Å². The van der Waals surface area contributed by atoms with Gasteiger partial charge < -0.3 is 14.6 Å². The molecule has 27 heavy (non-hydrogen) atoms. The molecule has 0 fully saturated rings. The molecule has 0 spiro atoms. The second-order valence-electron chi connectivity index (χ2n) is 6.62. The van der Waals surface area contributed by atoms with Gasteiger partial charge in [0, 0.05) is 6.42 Å². The van der Waals surface area contributed by atoms with Crippen LogP contribution in [0.4, 0.5) is 8.78 Å². The third-order valence-corrected chi connectivity index (χ3v) is 4.24. The largest absolute Gasteiger partial charge is 0.508 e. The standard InChI is InChI=1S/C21H24F2O4/c1-5-26-19(25)11-27-18-8-13(4)16(20(22)21(18)23)10-14-6-7-17(24)15(9-14)12(2)3/h6-9,12,24H,5,10-11H2,1-4H3. The molecule has 0 heterocycles. The van der Waals surface area contributed by atoms with Crippen LogP contribution in [0.15, 0.2) is 24.3 Å². The van der Waals surface area contributed by atoms with Gasteiger partial charge >= 0.3 is 5.97 Å². The lowest BCUT2D eigenvalue weighted by atomic mass is 9.94. The first-order valence-corrected chi connectivity index (χ1v) is 8.82. The predicted octanol–water partition coefficient (Wildman–Crippen LogP) is 4.63. The molecule has 2 rings (SSSR count). The predicted molar refractivity (Wildman–Crippen MR) is 98.2 cm³/mol. The molecule has 0 saturated carbocycles. The maximum absolute atomic E-state index is 14.6. The van der Waals surface area contributed by atoms with Gasteiger partial charge in [-0.2, -0.15) is 4.39 Å². The normalized spacial score (nSPS) is 10.9. The highest BCUT2D eigenvalue weighted by atomic mass is 19.2. The Morgan fingerprint density at radius 3 is 2.52 bits per heavy atom. The SMILES string of the molecule is CCOC(=O)COc1cc(C)c(Cc2ccc(O)c(C(C)C)c2)c(F)c1F. The first-order valence-electron chi connectivity index (χ1n) is 8.82. The quantitative estimate of drug-likeness (QED) is 0.714. The number of phenolic OH excluding ortho intramolecular Hbond substituents is 1. The molecule has 0 aliphatic heterocycles. The summed E-state index contributed by atoms with van der Waals surface area (Å²) in [5.41, 5.74) is 2.22. The van der Waals surface area contributed by atoms with Crippen LogP contribution in [0, 0.1) is 18.6 Å². The van der Waals surface area contributed by atoms with Crippen LogP contribution in [0.25, 0.3) is 0 Å². The van der Waals surface area contributed by atoms with Gasteiger partial charge in [-0.05, 0) is 54.2 Å². The number of aromatic hydroxyl groups is 1. The van der Waals surface area contributed by atoms with Crippen LogP contribution in [0.3, 0.4) is 0 Å². The first kappa shape index (κ1) is 20.7. The Bertz CT molecular complexity index is 831. The number of carbonyl (C=O) groups excluding carboxylic acids is 1. The summed E-state index contributed by atoms with van der Waals surface area (Å²) in [7, 11) is 0. The number of halogens is 2. The Balaban J connectivity index is 2.27. The number of hydrogen-bond acceptors (Lipinski definition) is 4. The van der Waals surface area contributed by atoms with Crippen molar-refractivity contribution >= 4 is 5.97 Å². The van der Waals surface area contributed by atoms with Crippen molar-refractivity contribution in [2.75, 3.05) is 13.2 Å². The van der Waals surface area contributed by atoms with Gasteiger partial charge in [0.05, 0.1) is 6.61 Å². The topological polar surface area (TPSA) is 55.8 Å². The van der Waals surface area contributed by atoms with E-state index in [1.165, 1.54) is 6.07 Å². The highest BCUT2D eigenvalue weighted by Crippen LogP contribution is 2.31. The third-order valence-electron chi connectivity index (χ3n) is 4.24. The highest BCUT2D eigenvalue weighted by Gasteiger charge is 2.19. The maximum Gasteiger partial charge on any atom is 0.344 e. The Morgan fingerprint density at radius 1 is 1.19 bits per heavy atom. The van der Waals surface area contributed by atoms with Crippen LogP contribution in [-0.2, 0) is 16.0 Å². The van der Waals surface area contributed by atoms with Crippen molar-refractivity contribution in [3.05, 3.63) is 58.2 Å². The van der Waals surface area contributed by atoms with E-state index in [9.17, 15) is 18.7 Å². The van der Waals surface area contributed by atoms with Gasteiger partial charge in [-0.1, -0.05) is 26.0 Å². The van der Waals surface area contributed by atoms with Crippen molar-refractivity contribution in [2.24, 2.45) is 0 Å². The highest BCUT2D eigenvalue weighted by molar-refractivity contribution is 5.71. The number of hydrogen-bond donors (Lipinski definition) is 1. The van der Waals surface area contributed by atoms with Gasteiger partial charge in [-0.15, -0.1) is 0 Å². The summed E-state index contributed by atoms with van der Waals surface area (Å²) in [6.07, 6.45) is 0.173. The van der Waals surface area contributed by atoms with Crippen molar-refractivity contribution in [2.45, 2.75) is 40.0 Å². The number of ether oxygens (including phenoxy) is 2. The van der Waals surface area contributed by atoms with Crippen LogP contribution < -0.4 is 4.74 Å². The average Bonchev–Trinajstić information content (AvgIpc) is 2.62. The zero-order valence-electron chi connectivity index (χ0n) is 15.9. The molecule has 0 saturated heterocycles. The van der Waals surface area contributed by atoms with E-state index in [1.54, 1.807) is 32.0 Å². The Morgan fingerprint density at radius 2 is 1.89 bits per heavy atom. The fourth-order valence-electron chi connectivity index (χ4n) is 2.80. The fourth-order valence-corrected chi connectivity index (χ4v) is 2.80. The molecule has 0 radical (unpaired) electrons. The summed E-state index contributed by atoms with van der Waals surface area (Å²) in [5.74, 6) is -2.83. The molecule has 0 aromatic heterocycles. The summed E-state index contributed by atoms with van der Waals surface area (Å²) in [4.78, 5) is 11.3. The minimum absolute atomic E-state index is 0.103. The third kappa shape index (κ3) is 4.96. The van der Waals surface area contributed by atoms with E-state index >= 15 is 0 Å². The fraction of sp³-hybridized carbons (Fsp3) is 0.381. The summed E-state index contributed by atoms with van der Waals surface area (Å²) in [5, 5.41) is 9.91. The van der Waals surface area contributed by atoms with E-state index in [2.05, 4.69) is 0 Å². The van der Waals surface area contributed by atoms with Gasteiger partial charge in [0.15, 0.2) is 18.2 Å². The van der Waals surface area contributed by atoms with Crippen LogP contribution in [0.5, 0.6) is 11.5 Å². The second-order valence-corrected chi connectivity index (χ2v) is 6.62. The summed E-state index contributed by atoms with van der Waals surface area (Å²) >= 11 is 0. The van der Waals surface area contributed by atoms with Crippen molar-refractivity contribution in [1.29, 1.82) is 0 Å². The molecule has 4 nitrogen and oxygen atoms in total. The molecule has 6 heteroatoms. The van der Waals surface area contributed by atoms with Gasteiger partial charge in [0.25, 0.3) is 0 Å². The number of carbonyl (C=O) groups is 1. The molecule has 0 unspecified atom stereocenters. The molecule has 0 atom stereocenters. The monoisotopic (exact) mass is 378 g/mol. The Hall–Kier alpha value is -2.63. The van der Waals surface area contributed by atoms with Crippen molar-refractivity contribution in [1.82, 2.24) is 0 Å². The first-order chi connectivity index (χ1) is 12.7. The molecule has 0 amide bonds. The van der Waals surface area contributed by atoms with E-state index < -0.39 is 24.2 Å². The van der Waals surface area contributed by atoms with Crippen LogP contribution in [0.2, 0.25) is 0 Å². The van der Waals surface area contributed by atoms with Crippen molar-refractivity contribution < 1.29 is 28.2 Å². The van der Waals surface area contributed by atoms with E-state index in [0.29, 0.717) is 5.56 Å². The van der Waals surface area contributed by atoms with E-state index in [4.69, 9.17) is 9.47 Å². The second kappa shape index (κ2) is 8.84. The van der Waals surface area contributed by atoms with Gasteiger partial charge in [0.2, 0.25) is 5.82 Å². The molecule has 0 aliphatic rings. The van der Waals surface area contributed by atoms with E-state index in [0.717, 1.165) is 11.1 Å². The minimum Gasteiger partial charge on any atom is -0.508 e. The number of phenols is 1. The molecule has 146 valence electrons. The van der Waals surface area contributed by atoms with Gasteiger partial charge in [-0.3, -0.25) is 0 Å². The summed E-state index contributed by atoms with van der Waals surface area (Å²) in [6.45, 7) is 6.88. The zero-order chi connectivity index (χ0) is 20.1.